The number of anilines is 1. The molecule has 6 nitrogen and oxygen atoms in total. The second-order valence-corrected chi connectivity index (χ2v) is 6.16. The standard InChI is InChI=1S/C14H11F3N2O4S/c15-14(16,17)23-11-5-3-10(4-6-11)19-13(20)9-1-7-12(8-2-9)24(18,21)22/h1-8H,(H,19,20)(H2,18,21,22). The second kappa shape index (κ2) is 6.49. The maximum Gasteiger partial charge on any atom is 0.573 e. The van der Waals surface area contributed by atoms with Crippen molar-refractivity contribution in [3.05, 3.63) is 54.1 Å². The summed E-state index contributed by atoms with van der Waals surface area (Å²) in [6.45, 7) is 0. The Kier molecular flexibility index (Phi) is 4.81. The van der Waals surface area contributed by atoms with E-state index in [1.807, 2.05) is 0 Å². The summed E-state index contributed by atoms with van der Waals surface area (Å²) < 4.78 is 62.1. The lowest BCUT2D eigenvalue weighted by molar-refractivity contribution is -0.274. The highest BCUT2D eigenvalue weighted by atomic mass is 32.2. The first-order valence-electron chi connectivity index (χ1n) is 6.35. The molecule has 2 aromatic carbocycles. The van der Waals surface area contributed by atoms with Crippen LogP contribution in [0.3, 0.4) is 0 Å². The molecule has 2 rings (SSSR count). The van der Waals surface area contributed by atoms with Crippen molar-refractivity contribution in [3.63, 3.8) is 0 Å². The molecule has 0 bridgehead atoms. The van der Waals surface area contributed by atoms with E-state index in [4.69, 9.17) is 5.14 Å². The van der Waals surface area contributed by atoms with E-state index in [0.717, 1.165) is 12.1 Å². The third-order valence-electron chi connectivity index (χ3n) is 2.79. The van der Waals surface area contributed by atoms with Gasteiger partial charge in [0.15, 0.2) is 0 Å². The van der Waals surface area contributed by atoms with Crippen LogP contribution in [0.25, 0.3) is 0 Å². The Labute approximate surface area is 135 Å². The van der Waals surface area contributed by atoms with Gasteiger partial charge in [0, 0.05) is 11.3 Å². The van der Waals surface area contributed by atoms with Crippen molar-refractivity contribution in [2.45, 2.75) is 11.3 Å². The van der Waals surface area contributed by atoms with Crippen molar-refractivity contribution in [2.75, 3.05) is 5.32 Å². The molecule has 0 spiro atoms. The quantitative estimate of drug-likeness (QED) is 0.875. The summed E-state index contributed by atoms with van der Waals surface area (Å²) in [4.78, 5) is 11.8. The molecule has 0 unspecified atom stereocenters. The first-order valence-corrected chi connectivity index (χ1v) is 7.89. The van der Waals surface area contributed by atoms with Gasteiger partial charge in [-0.05, 0) is 48.5 Å². The number of alkyl halides is 3. The van der Waals surface area contributed by atoms with Crippen LogP contribution >= 0.6 is 0 Å². The molecule has 0 aliphatic rings. The molecule has 0 aromatic heterocycles. The molecule has 0 aliphatic heterocycles. The molecule has 0 saturated heterocycles. The molecule has 24 heavy (non-hydrogen) atoms. The first-order chi connectivity index (χ1) is 11.0. The highest BCUT2D eigenvalue weighted by Crippen LogP contribution is 2.24. The molecular weight excluding hydrogens is 349 g/mol. The highest BCUT2D eigenvalue weighted by Gasteiger charge is 2.30. The number of benzene rings is 2. The van der Waals surface area contributed by atoms with Crippen molar-refractivity contribution >= 4 is 21.6 Å². The van der Waals surface area contributed by atoms with Gasteiger partial charge in [-0.2, -0.15) is 0 Å². The number of carbonyl (C=O) groups excluding carboxylic acids is 1. The number of primary sulfonamides is 1. The van der Waals surface area contributed by atoms with E-state index in [9.17, 15) is 26.4 Å². The van der Waals surface area contributed by atoms with Gasteiger partial charge in [0.05, 0.1) is 4.90 Å². The third kappa shape index (κ3) is 4.96. The van der Waals surface area contributed by atoms with Crippen LogP contribution in [0.1, 0.15) is 10.4 Å². The number of nitrogens with two attached hydrogens (primary N) is 1. The molecule has 0 aliphatic carbocycles. The summed E-state index contributed by atoms with van der Waals surface area (Å²) in [5.41, 5.74) is 0.392. The molecule has 0 atom stereocenters. The van der Waals surface area contributed by atoms with Gasteiger partial charge in [-0.25, -0.2) is 13.6 Å². The van der Waals surface area contributed by atoms with E-state index in [1.165, 1.54) is 36.4 Å². The molecule has 0 fully saturated rings. The SMILES string of the molecule is NS(=O)(=O)c1ccc(C(=O)Nc2ccc(OC(F)(F)F)cc2)cc1. The van der Waals surface area contributed by atoms with Crippen molar-refractivity contribution in [3.8, 4) is 5.75 Å². The molecular formula is C14H11F3N2O4S. The van der Waals surface area contributed by atoms with Gasteiger partial charge in [0.1, 0.15) is 5.75 Å². The molecule has 1 amide bonds. The molecule has 10 heteroatoms. The number of rotatable bonds is 4. The van der Waals surface area contributed by atoms with Crippen LogP contribution in [-0.2, 0) is 10.0 Å². The number of hydrogen-bond donors (Lipinski definition) is 2. The van der Waals surface area contributed by atoms with E-state index in [1.54, 1.807) is 0 Å². The van der Waals surface area contributed by atoms with Gasteiger partial charge in [0.2, 0.25) is 10.0 Å². The molecule has 2 aromatic rings. The number of nitrogens with one attached hydrogen (secondary N) is 1. The number of sulfonamides is 1. The normalized spacial score (nSPS) is 11.8. The maximum atomic E-state index is 12.0. The fourth-order valence-corrected chi connectivity index (χ4v) is 2.25. The summed E-state index contributed by atoms with van der Waals surface area (Å²) in [6, 6.07) is 9.43. The Hall–Kier alpha value is -2.59. The Morgan fingerprint density at radius 3 is 2.00 bits per heavy atom. The highest BCUT2D eigenvalue weighted by molar-refractivity contribution is 7.89. The predicted molar refractivity (Wildman–Crippen MR) is 78.9 cm³/mol. The summed E-state index contributed by atoms with van der Waals surface area (Å²) in [5.74, 6) is -0.988. The molecule has 128 valence electrons. The molecule has 0 heterocycles. The van der Waals surface area contributed by atoms with E-state index >= 15 is 0 Å². The fraction of sp³-hybridized carbons (Fsp3) is 0.0714. The van der Waals surface area contributed by atoms with Crippen molar-refractivity contribution in [1.82, 2.24) is 0 Å². The van der Waals surface area contributed by atoms with E-state index < -0.39 is 28.0 Å². The van der Waals surface area contributed by atoms with Gasteiger partial charge >= 0.3 is 6.36 Å². The van der Waals surface area contributed by atoms with E-state index in [2.05, 4.69) is 10.1 Å². The summed E-state index contributed by atoms with van der Waals surface area (Å²) >= 11 is 0. The Bertz CT molecular complexity index is 832. The zero-order valence-corrected chi connectivity index (χ0v) is 12.7. The Balaban J connectivity index is 2.07. The lowest BCUT2D eigenvalue weighted by Crippen LogP contribution is -2.17. The van der Waals surface area contributed by atoms with Crippen molar-refractivity contribution in [2.24, 2.45) is 5.14 Å². The Morgan fingerprint density at radius 1 is 1.00 bits per heavy atom. The van der Waals surface area contributed by atoms with Crippen LogP contribution in [0, 0.1) is 0 Å². The summed E-state index contributed by atoms with van der Waals surface area (Å²) in [6.07, 6.45) is -4.80. The number of amides is 1. The van der Waals surface area contributed by atoms with Gasteiger partial charge in [-0.3, -0.25) is 4.79 Å². The van der Waals surface area contributed by atoms with E-state index in [-0.39, 0.29) is 16.1 Å². The van der Waals surface area contributed by atoms with Crippen molar-refractivity contribution in [1.29, 1.82) is 0 Å². The minimum atomic E-state index is -4.80. The van der Waals surface area contributed by atoms with Crippen LogP contribution < -0.4 is 15.2 Å². The zero-order valence-electron chi connectivity index (χ0n) is 11.9. The number of carbonyl (C=O) groups is 1. The van der Waals surface area contributed by atoms with Gasteiger partial charge in [-0.15, -0.1) is 13.2 Å². The molecule has 3 N–H and O–H groups in total. The maximum absolute atomic E-state index is 12.0. The largest absolute Gasteiger partial charge is 0.573 e. The summed E-state index contributed by atoms with van der Waals surface area (Å²) in [7, 11) is -3.86. The van der Waals surface area contributed by atoms with E-state index in [0.29, 0.717) is 0 Å². The summed E-state index contributed by atoms with van der Waals surface area (Å²) in [5, 5.41) is 7.39. The molecule has 0 saturated carbocycles. The fourth-order valence-electron chi connectivity index (χ4n) is 1.74. The van der Waals surface area contributed by atoms with Crippen LogP contribution in [0.2, 0.25) is 0 Å². The smallest absolute Gasteiger partial charge is 0.406 e. The topological polar surface area (TPSA) is 98.5 Å². The minimum absolute atomic E-state index is 0.146. The average molecular weight is 360 g/mol. The average Bonchev–Trinajstić information content (AvgIpc) is 2.47. The van der Waals surface area contributed by atoms with Crippen molar-refractivity contribution < 1.29 is 31.1 Å². The van der Waals surface area contributed by atoms with Crippen LogP contribution in [0.15, 0.2) is 53.4 Å². The first kappa shape index (κ1) is 17.8. The number of halogens is 3. The van der Waals surface area contributed by atoms with Gasteiger partial charge < -0.3 is 10.1 Å². The zero-order chi connectivity index (χ0) is 18.0. The van der Waals surface area contributed by atoms with Gasteiger partial charge in [-0.1, -0.05) is 0 Å². The molecule has 0 radical (unpaired) electrons. The second-order valence-electron chi connectivity index (χ2n) is 4.60. The predicted octanol–water partition coefficient (Wildman–Crippen LogP) is 2.48. The number of ether oxygens (including phenoxy) is 1. The number of hydrogen-bond acceptors (Lipinski definition) is 4. The van der Waals surface area contributed by atoms with Crippen LogP contribution in [0.4, 0.5) is 18.9 Å². The minimum Gasteiger partial charge on any atom is -0.406 e. The monoisotopic (exact) mass is 360 g/mol. The third-order valence-corrected chi connectivity index (χ3v) is 3.72. The van der Waals surface area contributed by atoms with Crippen LogP contribution in [-0.4, -0.2) is 20.7 Å². The lowest BCUT2D eigenvalue weighted by atomic mass is 10.2. The van der Waals surface area contributed by atoms with Gasteiger partial charge in [0.25, 0.3) is 5.91 Å². The van der Waals surface area contributed by atoms with Crippen LogP contribution in [0.5, 0.6) is 5.75 Å². The lowest BCUT2D eigenvalue weighted by Gasteiger charge is -2.10. The Morgan fingerprint density at radius 2 is 1.54 bits per heavy atom.